The van der Waals surface area contributed by atoms with E-state index >= 15 is 0 Å². The first-order valence-corrected chi connectivity index (χ1v) is 12.5. The molecule has 0 radical (unpaired) electrons. The van der Waals surface area contributed by atoms with E-state index in [4.69, 9.17) is 21.4 Å². The maximum absolute atomic E-state index is 13.4. The standard InChI is InChI=1S/C24H27F3N10O2.CH2O2/c1-2-14-11-15(3-4-16(14)22(38)31-6-9-36(8-5-28)23(29)39)34-20-21-32-13-18(37(21)10-7-30-20)17-12-33-35-19(17)24(25,26)27;2-1-3/h3-4,7,10-13H,2,5-6,8-9,28H2,1H3,(H2,29,39)(H,30,34)(H,31,38)(H,33,35);1H,(H,2,3). The van der Waals surface area contributed by atoms with Gasteiger partial charge in [-0.3, -0.25) is 19.1 Å². The second kappa shape index (κ2) is 13.9. The average Bonchev–Trinajstić information content (AvgIpc) is 3.61. The van der Waals surface area contributed by atoms with E-state index in [9.17, 15) is 22.8 Å². The first kappa shape index (κ1) is 31.3. The van der Waals surface area contributed by atoms with E-state index in [2.05, 4.69) is 30.8 Å². The van der Waals surface area contributed by atoms with Crippen LogP contribution in [-0.4, -0.2) is 79.2 Å². The van der Waals surface area contributed by atoms with Gasteiger partial charge < -0.3 is 32.1 Å². The quantitative estimate of drug-likeness (QED) is 0.149. The molecule has 0 saturated heterocycles. The fourth-order valence-corrected chi connectivity index (χ4v) is 4.12. The number of carbonyl (C=O) groups is 3. The predicted octanol–water partition coefficient (Wildman–Crippen LogP) is 2.21. The first-order valence-electron chi connectivity index (χ1n) is 12.5. The minimum absolute atomic E-state index is 0.141. The minimum Gasteiger partial charge on any atom is -0.483 e. The Bertz CT molecular complexity index is 1540. The number of amides is 3. The van der Waals surface area contributed by atoms with Gasteiger partial charge in [0.05, 0.1) is 17.5 Å². The molecule has 0 saturated carbocycles. The molecule has 0 spiro atoms. The van der Waals surface area contributed by atoms with Crippen molar-refractivity contribution in [1.29, 1.82) is 0 Å². The van der Waals surface area contributed by atoms with Crippen LogP contribution in [0.1, 0.15) is 28.5 Å². The van der Waals surface area contributed by atoms with E-state index < -0.39 is 17.9 Å². The molecule has 42 heavy (non-hydrogen) atoms. The van der Waals surface area contributed by atoms with Crippen LogP contribution in [0.4, 0.5) is 29.5 Å². The lowest BCUT2D eigenvalue weighted by atomic mass is 10.0. The van der Waals surface area contributed by atoms with E-state index in [1.165, 1.54) is 34.1 Å². The number of benzene rings is 1. The van der Waals surface area contributed by atoms with Crippen LogP contribution >= 0.6 is 0 Å². The number of rotatable bonds is 10. The number of nitrogens with zero attached hydrogens (tertiary/aromatic N) is 5. The summed E-state index contributed by atoms with van der Waals surface area (Å²) in [4.78, 5) is 42.5. The van der Waals surface area contributed by atoms with Crippen molar-refractivity contribution in [1.82, 2.24) is 34.8 Å². The molecule has 4 rings (SSSR count). The van der Waals surface area contributed by atoms with Crippen molar-refractivity contribution in [2.75, 3.05) is 31.5 Å². The Kier molecular flexibility index (Phi) is 10.4. The van der Waals surface area contributed by atoms with Crippen molar-refractivity contribution in [2.45, 2.75) is 19.5 Å². The fourth-order valence-electron chi connectivity index (χ4n) is 4.12. The third kappa shape index (κ3) is 7.30. The zero-order valence-electron chi connectivity index (χ0n) is 22.4. The van der Waals surface area contributed by atoms with Crippen LogP contribution in [0.15, 0.2) is 43.0 Å². The highest BCUT2D eigenvalue weighted by molar-refractivity contribution is 5.96. The molecule has 8 N–H and O–H groups in total. The van der Waals surface area contributed by atoms with Gasteiger partial charge in [0.15, 0.2) is 17.2 Å². The van der Waals surface area contributed by atoms with Crippen molar-refractivity contribution in [3.05, 3.63) is 59.8 Å². The SMILES string of the molecule is CCc1cc(Nc2nccn3c(-c4c[nH]nc4C(F)(F)F)cnc23)ccc1C(=O)NCCN(CCN)C(N)=O.O=CO. The number of carboxylic acid groups (broad SMARTS) is 1. The lowest BCUT2D eigenvalue weighted by molar-refractivity contribution is -0.140. The second-order valence-electron chi connectivity index (χ2n) is 8.58. The highest BCUT2D eigenvalue weighted by atomic mass is 19.4. The van der Waals surface area contributed by atoms with Gasteiger partial charge >= 0.3 is 12.2 Å². The summed E-state index contributed by atoms with van der Waals surface area (Å²) < 4.78 is 41.6. The monoisotopic (exact) mass is 590 g/mol. The average molecular weight is 591 g/mol. The lowest BCUT2D eigenvalue weighted by Crippen LogP contribution is -2.43. The van der Waals surface area contributed by atoms with Gasteiger partial charge in [-0.1, -0.05) is 6.92 Å². The summed E-state index contributed by atoms with van der Waals surface area (Å²) in [7, 11) is 0. The Hall–Kier alpha value is -5.19. The van der Waals surface area contributed by atoms with Gasteiger partial charge in [-0.05, 0) is 30.2 Å². The van der Waals surface area contributed by atoms with Gasteiger partial charge in [-0.25, -0.2) is 14.8 Å². The summed E-state index contributed by atoms with van der Waals surface area (Å²) in [6, 6.07) is 4.51. The van der Waals surface area contributed by atoms with E-state index in [0.29, 0.717) is 29.1 Å². The highest BCUT2D eigenvalue weighted by Gasteiger charge is 2.37. The molecule has 3 aromatic heterocycles. The molecule has 0 atom stereocenters. The smallest absolute Gasteiger partial charge is 0.435 e. The first-order chi connectivity index (χ1) is 20.0. The van der Waals surface area contributed by atoms with Gasteiger partial charge in [0.25, 0.3) is 12.4 Å². The topological polar surface area (TPSA) is 210 Å². The number of aromatic nitrogens is 5. The summed E-state index contributed by atoms with van der Waals surface area (Å²) in [5.41, 5.74) is 11.9. The van der Waals surface area contributed by atoms with Crippen LogP contribution in [0.3, 0.4) is 0 Å². The third-order valence-electron chi connectivity index (χ3n) is 5.98. The van der Waals surface area contributed by atoms with Gasteiger partial charge in [0, 0.05) is 56.0 Å². The molecule has 0 aliphatic heterocycles. The van der Waals surface area contributed by atoms with E-state index in [0.717, 1.165) is 5.56 Å². The molecule has 0 fully saturated rings. The number of alkyl halides is 3. The molecule has 0 bridgehead atoms. The van der Waals surface area contributed by atoms with Crippen molar-refractivity contribution in [3.8, 4) is 11.3 Å². The summed E-state index contributed by atoms with van der Waals surface area (Å²) in [5.74, 6) is 0.000722. The maximum atomic E-state index is 13.4. The van der Waals surface area contributed by atoms with Gasteiger partial charge in [0.1, 0.15) is 0 Å². The Balaban J connectivity index is 0.00000155. The number of aryl methyl sites for hydroxylation is 1. The van der Waals surface area contributed by atoms with Gasteiger partial charge in [0.2, 0.25) is 0 Å². The van der Waals surface area contributed by atoms with Crippen molar-refractivity contribution in [3.63, 3.8) is 0 Å². The molecule has 1 aromatic carbocycles. The van der Waals surface area contributed by atoms with Crippen LogP contribution < -0.4 is 22.1 Å². The summed E-state index contributed by atoms with van der Waals surface area (Å²) >= 11 is 0. The molecule has 3 heterocycles. The van der Waals surface area contributed by atoms with Crippen LogP contribution in [0.5, 0.6) is 0 Å². The number of nitrogens with two attached hydrogens (primary N) is 2. The van der Waals surface area contributed by atoms with E-state index in [1.807, 2.05) is 6.92 Å². The number of anilines is 2. The van der Waals surface area contributed by atoms with Crippen molar-refractivity contribution < 1.29 is 32.7 Å². The van der Waals surface area contributed by atoms with Crippen LogP contribution in [0.2, 0.25) is 0 Å². The number of halogens is 3. The molecular formula is C25H29F3N10O4. The van der Waals surface area contributed by atoms with Crippen molar-refractivity contribution in [2.24, 2.45) is 11.5 Å². The Morgan fingerprint density at radius 3 is 2.62 bits per heavy atom. The Labute approximate surface area is 236 Å². The molecule has 14 nitrogen and oxygen atoms in total. The lowest BCUT2D eigenvalue weighted by Gasteiger charge is -2.19. The molecule has 4 aromatic rings. The number of urea groups is 1. The normalized spacial score (nSPS) is 11.0. The number of hydrogen-bond acceptors (Lipinski definition) is 8. The number of imidazole rings is 1. The molecule has 3 amide bonds. The van der Waals surface area contributed by atoms with Crippen molar-refractivity contribution >= 4 is 35.6 Å². The van der Waals surface area contributed by atoms with Crippen LogP contribution in [-0.2, 0) is 17.4 Å². The number of fused-ring (bicyclic) bond motifs is 1. The molecular weight excluding hydrogens is 561 g/mol. The Morgan fingerprint density at radius 2 is 1.98 bits per heavy atom. The maximum Gasteiger partial charge on any atom is 0.435 e. The fraction of sp³-hybridized carbons (Fsp3) is 0.280. The Morgan fingerprint density at radius 1 is 1.24 bits per heavy atom. The van der Waals surface area contributed by atoms with Crippen LogP contribution in [0, 0.1) is 0 Å². The highest BCUT2D eigenvalue weighted by Crippen LogP contribution is 2.36. The second-order valence-corrected chi connectivity index (χ2v) is 8.58. The number of carbonyl (C=O) groups excluding carboxylic acids is 2. The minimum atomic E-state index is -4.64. The third-order valence-corrected chi connectivity index (χ3v) is 5.98. The zero-order valence-corrected chi connectivity index (χ0v) is 22.4. The molecule has 0 aliphatic rings. The van der Waals surface area contributed by atoms with Crippen LogP contribution in [0.25, 0.3) is 16.9 Å². The number of primary amides is 1. The summed E-state index contributed by atoms with van der Waals surface area (Å²) in [6.45, 7) is 2.62. The molecule has 17 heteroatoms. The number of nitrogens with one attached hydrogen (secondary N) is 3. The molecule has 224 valence electrons. The summed E-state index contributed by atoms with van der Waals surface area (Å²) in [6.07, 6.45) is 1.35. The van der Waals surface area contributed by atoms with E-state index in [-0.39, 0.29) is 49.8 Å². The van der Waals surface area contributed by atoms with Gasteiger partial charge in [-0.15, -0.1) is 0 Å². The molecule has 0 aliphatic carbocycles. The van der Waals surface area contributed by atoms with Gasteiger partial charge in [-0.2, -0.15) is 18.3 Å². The molecule has 0 unspecified atom stereocenters. The summed E-state index contributed by atoms with van der Waals surface area (Å²) in [5, 5.41) is 18.4. The largest absolute Gasteiger partial charge is 0.483 e. The number of aromatic amines is 1. The van der Waals surface area contributed by atoms with E-state index in [1.54, 1.807) is 18.2 Å². The number of hydrogen-bond donors (Lipinski definition) is 6. The predicted molar refractivity (Wildman–Crippen MR) is 146 cm³/mol. The zero-order chi connectivity index (χ0) is 30.9. The number of H-pyrrole nitrogens is 1.